The zero-order chi connectivity index (χ0) is 21.0. The number of esters is 2. The Kier molecular flexibility index (Phi) is 6.53. The van der Waals surface area contributed by atoms with Gasteiger partial charge >= 0.3 is 11.9 Å². The van der Waals surface area contributed by atoms with Crippen LogP contribution in [0.5, 0.6) is 0 Å². The highest BCUT2D eigenvalue weighted by Gasteiger charge is 2.29. The Balaban J connectivity index is 1.60. The molecule has 0 spiro atoms. The summed E-state index contributed by atoms with van der Waals surface area (Å²) < 4.78 is 11.4. The average Bonchev–Trinajstić information content (AvgIpc) is 3.06. The largest absolute Gasteiger partial charge is 0.469 e. The number of likely N-dealkylation sites (tertiary alicyclic amines) is 1. The number of para-hydroxylation sites is 1. The molecule has 0 atom stereocenters. The van der Waals surface area contributed by atoms with Crippen LogP contribution >= 0.6 is 11.6 Å². The quantitative estimate of drug-likeness (QED) is 0.691. The standard InChI is InChI=1S/C20H22ClN3O5/c1-13-17(18(21)24(22-13)15-6-4-3-5-7-15)20(27)29-12-16(25)23-10-8-14(9-11-23)19(26)28-2/h3-7,14H,8-12H2,1-2H3. The molecule has 3 rings (SSSR count). The number of hydrogen-bond acceptors (Lipinski definition) is 6. The number of nitrogens with zero attached hydrogens (tertiary/aromatic N) is 3. The molecule has 1 fully saturated rings. The summed E-state index contributed by atoms with van der Waals surface area (Å²) in [5.41, 5.74) is 1.26. The minimum absolute atomic E-state index is 0.130. The van der Waals surface area contributed by atoms with Gasteiger partial charge < -0.3 is 14.4 Å². The summed E-state index contributed by atoms with van der Waals surface area (Å²) in [6, 6.07) is 9.16. The van der Waals surface area contributed by atoms with Gasteiger partial charge in [0, 0.05) is 13.1 Å². The van der Waals surface area contributed by atoms with Crippen LogP contribution in [-0.4, -0.2) is 59.3 Å². The molecule has 29 heavy (non-hydrogen) atoms. The SMILES string of the molecule is COC(=O)C1CCN(C(=O)COC(=O)c2c(C)nn(-c3ccccc3)c2Cl)CC1. The predicted molar refractivity (Wildman–Crippen MR) is 105 cm³/mol. The Bertz CT molecular complexity index is 904. The lowest BCUT2D eigenvalue weighted by Crippen LogP contribution is -2.42. The first kappa shape index (κ1) is 20.9. The highest BCUT2D eigenvalue weighted by atomic mass is 35.5. The molecule has 1 saturated heterocycles. The van der Waals surface area contributed by atoms with E-state index in [2.05, 4.69) is 5.10 Å². The lowest BCUT2D eigenvalue weighted by Gasteiger charge is -2.30. The van der Waals surface area contributed by atoms with Gasteiger partial charge in [-0.15, -0.1) is 0 Å². The van der Waals surface area contributed by atoms with Crippen LogP contribution in [0.1, 0.15) is 28.9 Å². The minimum Gasteiger partial charge on any atom is -0.469 e. The summed E-state index contributed by atoms with van der Waals surface area (Å²) in [6.45, 7) is 2.10. The van der Waals surface area contributed by atoms with E-state index in [0.717, 1.165) is 0 Å². The highest BCUT2D eigenvalue weighted by Crippen LogP contribution is 2.24. The molecule has 9 heteroatoms. The summed E-state index contributed by atoms with van der Waals surface area (Å²) in [5, 5.41) is 4.43. The van der Waals surface area contributed by atoms with Gasteiger partial charge in [0.1, 0.15) is 10.7 Å². The van der Waals surface area contributed by atoms with Crippen molar-refractivity contribution >= 4 is 29.4 Å². The molecule has 2 heterocycles. The summed E-state index contributed by atoms with van der Waals surface area (Å²) in [4.78, 5) is 38.0. The van der Waals surface area contributed by atoms with Crippen LogP contribution < -0.4 is 0 Å². The van der Waals surface area contributed by atoms with Gasteiger partial charge in [-0.3, -0.25) is 9.59 Å². The fourth-order valence-electron chi connectivity index (χ4n) is 3.29. The van der Waals surface area contributed by atoms with Crippen molar-refractivity contribution in [2.24, 2.45) is 5.92 Å². The molecule has 1 amide bonds. The molecule has 1 aliphatic heterocycles. The third-order valence-corrected chi connectivity index (χ3v) is 5.27. The number of hydrogen-bond donors (Lipinski definition) is 0. The maximum absolute atomic E-state index is 12.5. The zero-order valence-electron chi connectivity index (χ0n) is 16.3. The molecular formula is C20H22ClN3O5. The van der Waals surface area contributed by atoms with Gasteiger partial charge in [-0.2, -0.15) is 5.10 Å². The number of benzene rings is 1. The van der Waals surface area contributed by atoms with Gasteiger partial charge in [0.15, 0.2) is 6.61 Å². The Hall–Kier alpha value is -2.87. The molecule has 0 radical (unpaired) electrons. The number of carbonyl (C=O) groups excluding carboxylic acids is 3. The lowest BCUT2D eigenvalue weighted by atomic mass is 9.97. The second-order valence-electron chi connectivity index (χ2n) is 6.75. The van der Waals surface area contributed by atoms with Crippen LogP contribution in [0.15, 0.2) is 30.3 Å². The second kappa shape index (κ2) is 9.09. The van der Waals surface area contributed by atoms with Crippen molar-refractivity contribution in [1.29, 1.82) is 0 Å². The van der Waals surface area contributed by atoms with E-state index < -0.39 is 12.6 Å². The molecule has 0 aliphatic carbocycles. The number of rotatable bonds is 5. The summed E-state index contributed by atoms with van der Waals surface area (Å²) in [5.74, 6) is -1.47. The number of halogens is 1. The smallest absolute Gasteiger partial charge is 0.343 e. The van der Waals surface area contributed by atoms with E-state index in [1.807, 2.05) is 30.3 Å². The number of aromatic nitrogens is 2. The molecular weight excluding hydrogens is 398 g/mol. The fourth-order valence-corrected chi connectivity index (χ4v) is 3.64. The van der Waals surface area contributed by atoms with E-state index in [4.69, 9.17) is 21.1 Å². The number of ether oxygens (including phenoxy) is 2. The van der Waals surface area contributed by atoms with Gasteiger partial charge in [0.25, 0.3) is 5.91 Å². The van der Waals surface area contributed by atoms with Crippen molar-refractivity contribution < 1.29 is 23.9 Å². The van der Waals surface area contributed by atoms with Crippen LogP contribution in [0.2, 0.25) is 5.15 Å². The molecule has 1 aliphatic rings. The first-order chi connectivity index (χ1) is 13.9. The van der Waals surface area contributed by atoms with E-state index in [-0.39, 0.29) is 28.5 Å². The summed E-state index contributed by atoms with van der Waals surface area (Å²) in [6.07, 6.45) is 1.06. The second-order valence-corrected chi connectivity index (χ2v) is 7.11. The Labute approximate surface area is 173 Å². The van der Waals surface area contributed by atoms with Gasteiger partial charge in [0.2, 0.25) is 0 Å². The Morgan fingerprint density at radius 1 is 1.17 bits per heavy atom. The molecule has 0 unspecified atom stereocenters. The van der Waals surface area contributed by atoms with E-state index in [1.54, 1.807) is 11.8 Å². The highest BCUT2D eigenvalue weighted by molar-refractivity contribution is 6.33. The van der Waals surface area contributed by atoms with E-state index in [9.17, 15) is 14.4 Å². The molecule has 1 aromatic heterocycles. The summed E-state index contributed by atoms with van der Waals surface area (Å²) in [7, 11) is 1.35. The topological polar surface area (TPSA) is 90.7 Å². The number of carbonyl (C=O) groups is 3. The van der Waals surface area contributed by atoms with Crippen LogP contribution in [0.3, 0.4) is 0 Å². The number of piperidine rings is 1. The third-order valence-electron chi connectivity index (χ3n) is 4.92. The Morgan fingerprint density at radius 2 is 1.83 bits per heavy atom. The Morgan fingerprint density at radius 3 is 2.45 bits per heavy atom. The first-order valence-corrected chi connectivity index (χ1v) is 9.63. The van der Waals surface area contributed by atoms with Gasteiger partial charge in [-0.25, -0.2) is 9.48 Å². The van der Waals surface area contributed by atoms with Gasteiger partial charge in [-0.1, -0.05) is 29.8 Å². The number of amides is 1. The lowest BCUT2D eigenvalue weighted by molar-refractivity contribution is -0.149. The molecule has 154 valence electrons. The van der Waals surface area contributed by atoms with Crippen LogP contribution in [-0.2, 0) is 19.1 Å². The van der Waals surface area contributed by atoms with Crippen molar-refractivity contribution in [2.75, 3.05) is 26.8 Å². The molecule has 1 aromatic carbocycles. The third kappa shape index (κ3) is 4.59. The maximum Gasteiger partial charge on any atom is 0.343 e. The van der Waals surface area contributed by atoms with Crippen molar-refractivity contribution in [3.8, 4) is 5.69 Å². The van der Waals surface area contributed by atoms with E-state index in [1.165, 1.54) is 11.8 Å². The normalized spacial score (nSPS) is 14.5. The first-order valence-electron chi connectivity index (χ1n) is 9.25. The fraction of sp³-hybridized carbons (Fsp3) is 0.400. The molecule has 2 aromatic rings. The number of aryl methyl sites for hydroxylation is 1. The van der Waals surface area contributed by atoms with E-state index in [0.29, 0.717) is 37.3 Å². The molecule has 8 nitrogen and oxygen atoms in total. The van der Waals surface area contributed by atoms with Gasteiger partial charge in [-0.05, 0) is 31.9 Å². The molecule has 0 bridgehead atoms. The van der Waals surface area contributed by atoms with Crippen molar-refractivity contribution in [2.45, 2.75) is 19.8 Å². The average molecular weight is 420 g/mol. The van der Waals surface area contributed by atoms with Gasteiger partial charge in [0.05, 0.1) is 24.4 Å². The van der Waals surface area contributed by atoms with Crippen molar-refractivity contribution in [3.05, 3.63) is 46.7 Å². The van der Waals surface area contributed by atoms with Crippen LogP contribution in [0.4, 0.5) is 0 Å². The minimum atomic E-state index is -0.701. The zero-order valence-corrected chi connectivity index (χ0v) is 17.0. The van der Waals surface area contributed by atoms with Crippen LogP contribution in [0, 0.1) is 12.8 Å². The van der Waals surface area contributed by atoms with Crippen molar-refractivity contribution in [3.63, 3.8) is 0 Å². The molecule has 0 saturated carbocycles. The van der Waals surface area contributed by atoms with Crippen LogP contribution in [0.25, 0.3) is 5.69 Å². The maximum atomic E-state index is 12.5. The molecule has 0 N–H and O–H groups in total. The monoisotopic (exact) mass is 419 g/mol. The van der Waals surface area contributed by atoms with Crippen molar-refractivity contribution in [1.82, 2.24) is 14.7 Å². The van der Waals surface area contributed by atoms with E-state index >= 15 is 0 Å². The summed E-state index contributed by atoms with van der Waals surface area (Å²) >= 11 is 6.34. The number of methoxy groups -OCH3 is 1. The predicted octanol–water partition coefficient (Wildman–Crippen LogP) is 2.40.